The molecule has 2 aromatic rings. The van der Waals surface area contributed by atoms with Crippen molar-refractivity contribution in [2.24, 2.45) is 0 Å². The number of benzene rings is 1. The molecule has 4 nitrogen and oxygen atoms in total. The third-order valence-corrected chi connectivity index (χ3v) is 4.48. The van der Waals surface area contributed by atoms with Crippen molar-refractivity contribution >= 4 is 23.0 Å². The van der Waals surface area contributed by atoms with Gasteiger partial charge in [-0.25, -0.2) is 4.79 Å². The van der Waals surface area contributed by atoms with Gasteiger partial charge in [-0.3, -0.25) is 0 Å². The zero-order valence-electron chi connectivity index (χ0n) is 12.4. The molecule has 0 aliphatic rings. The number of rotatable bonds is 5. The maximum atomic E-state index is 11.8. The SMILES string of the molecule is CCOc1ccc(-c2sc(C(=O)OC)c(N)c2CC)cc1. The predicted molar refractivity (Wildman–Crippen MR) is 86.1 cm³/mol. The standard InChI is InChI=1S/C16H19NO3S/c1-4-12-13(17)15(16(18)19-3)21-14(12)10-6-8-11(9-7-10)20-5-2/h6-9H,4-5,17H2,1-3H3. The van der Waals surface area contributed by atoms with E-state index in [-0.39, 0.29) is 5.97 Å². The molecule has 0 saturated carbocycles. The van der Waals surface area contributed by atoms with Crippen LogP contribution in [0, 0.1) is 0 Å². The van der Waals surface area contributed by atoms with Crippen molar-refractivity contribution in [3.05, 3.63) is 34.7 Å². The summed E-state index contributed by atoms with van der Waals surface area (Å²) < 4.78 is 10.2. The second-order valence-electron chi connectivity index (χ2n) is 4.46. The Morgan fingerprint density at radius 3 is 2.43 bits per heavy atom. The van der Waals surface area contributed by atoms with Crippen LogP contribution in [0.4, 0.5) is 5.69 Å². The van der Waals surface area contributed by atoms with Crippen molar-refractivity contribution in [3.63, 3.8) is 0 Å². The number of nitrogen functional groups attached to an aromatic ring is 1. The summed E-state index contributed by atoms with van der Waals surface area (Å²) >= 11 is 1.38. The minimum Gasteiger partial charge on any atom is -0.494 e. The zero-order valence-corrected chi connectivity index (χ0v) is 13.3. The lowest BCUT2D eigenvalue weighted by molar-refractivity contribution is 0.0607. The third-order valence-electron chi connectivity index (χ3n) is 3.20. The molecule has 0 bridgehead atoms. The predicted octanol–water partition coefficient (Wildman–Crippen LogP) is 3.75. The number of hydrogen-bond acceptors (Lipinski definition) is 5. The fourth-order valence-corrected chi connectivity index (χ4v) is 3.41. The number of carbonyl (C=O) groups excluding carboxylic acids is 1. The first-order chi connectivity index (χ1) is 10.1. The highest BCUT2D eigenvalue weighted by Gasteiger charge is 2.21. The minimum atomic E-state index is -0.385. The Hall–Kier alpha value is -2.01. The third kappa shape index (κ3) is 3.03. The van der Waals surface area contributed by atoms with Gasteiger partial charge in [-0.15, -0.1) is 11.3 Å². The number of hydrogen-bond donors (Lipinski definition) is 1. The van der Waals surface area contributed by atoms with E-state index in [1.54, 1.807) is 0 Å². The molecular weight excluding hydrogens is 286 g/mol. The second-order valence-corrected chi connectivity index (χ2v) is 5.48. The number of ether oxygens (including phenoxy) is 2. The lowest BCUT2D eigenvalue weighted by Gasteiger charge is -2.05. The molecule has 0 amide bonds. The average molecular weight is 305 g/mol. The number of nitrogens with two attached hydrogens (primary N) is 1. The number of methoxy groups -OCH3 is 1. The molecule has 1 aromatic heterocycles. The van der Waals surface area contributed by atoms with Crippen LogP contribution < -0.4 is 10.5 Å². The number of carbonyl (C=O) groups is 1. The molecule has 1 aromatic carbocycles. The van der Waals surface area contributed by atoms with Gasteiger partial charge in [-0.2, -0.15) is 0 Å². The van der Waals surface area contributed by atoms with Crippen molar-refractivity contribution in [2.75, 3.05) is 19.5 Å². The molecule has 0 aliphatic heterocycles. The van der Waals surface area contributed by atoms with E-state index in [4.69, 9.17) is 15.2 Å². The van der Waals surface area contributed by atoms with Crippen LogP contribution in [-0.4, -0.2) is 19.7 Å². The number of anilines is 1. The highest BCUT2D eigenvalue weighted by atomic mass is 32.1. The van der Waals surface area contributed by atoms with E-state index in [1.807, 2.05) is 38.1 Å². The van der Waals surface area contributed by atoms with E-state index in [2.05, 4.69) is 0 Å². The lowest BCUT2D eigenvalue weighted by Crippen LogP contribution is -2.02. The topological polar surface area (TPSA) is 61.5 Å². The Labute approximate surface area is 128 Å². The Balaban J connectivity index is 2.45. The highest BCUT2D eigenvalue weighted by molar-refractivity contribution is 7.18. The van der Waals surface area contributed by atoms with Crippen LogP contribution in [0.25, 0.3) is 10.4 Å². The van der Waals surface area contributed by atoms with Crippen LogP contribution in [-0.2, 0) is 11.2 Å². The van der Waals surface area contributed by atoms with E-state index >= 15 is 0 Å². The molecule has 0 atom stereocenters. The molecule has 0 radical (unpaired) electrons. The Morgan fingerprint density at radius 1 is 1.24 bits per heavy atom. The summed E-state index contributed by atoms with van der Waals surface area (Å²) in [5, 5.41) is 0. The van der Waals surface area contributed by atoms with Gasteiger partial charge in [-0.05, 0) is 48.7 Å². The van der Waals surface area contributed by atoms with E-state index < -0.39 is 0 Å². The second kappa shape index (κ2) is 6.63. The van der Waals surface area contributed by atoms with Crippen LogP contribution in [0.3, 0.4) is 0 Å². The summed E-state index contributed by atoms with van der Waals surface area (Å²) in [6, 6.07) is 7.81. The monoisotopic (exact) mass is 305 g/mol. The molecule has 0 unspecified atom stereocenters. The Kier molecular flexibility index (Phi) is 4.85. The molecule has 5 heteroatoms. The first kappa shape index (κ1) is 15.4. The van der Waals surface area contributed by atoms with Crippen LogP contribution >= 0.6 is 11.3 Å². The van der Waals surface area contributed by atoms with Crippen LogP contribution in [0.2, 0.25) is 0 Å². The van der Waals surface area contributed by atoms with Crippen molar-refractivity contribution in [2.45, 2.75) is 20.3 Å². The molecule has 0 fully saturated rings. The van der Waals surface area contributed by atoms with Crippen molar-refractivity contribution in [3.8, 4) is 16.2 Å². The van der Waals surface area contributed by atoms with Gasteiger partial charge in [0, 0.05) is 4.88 Å². The quantitative estimate of drug-likeness (QED) is 0.855. The molecule has 112 valence electrons. The van der Waals surface area contributed by atoms with E-state index in [1.165, 1.54) is 18.4 Å². The fraction of sp³-hybridized carbons (Fsp3) is 0.312. The maximum Gasteiger partial charge on any atom is 0.350 e. The minimum absolute atomic E-state index is 0.385. The number of thiophene rings is 1. The molecule has 0 saturated heterocycles. The normalized spacial score (nSPS) is 10.4. The first-order valence-electron chi connectivity index (χ1n) is 6.85. The summed E-state index contributed by atoms with van der Waals surface area (Å²) in [5.74, 6) is 0.446. The van der Waals surface area contributed by atoms with Gasteiger partial charge < -0.3 is 15.2 Å². The fourth-order valence-electron chi connectivity index (χ4n) is 2.18. The van der Waals surface area contributed by atoms with E-state index in [0.29, 0.717) is 17.2 Å². The number of esters is 1. The molecular formula is C16H19NO3S. The van der Waals surface area contributed by atoms with Crippen LogP contribution in [0.1, 0.15) is 29.1 Å². The average Bonchev–Trinajstić information content (AvgIpc) is 2.84. The molecule has 2 rings (SSSR count). The van der Waals surface area contributed by atoms with Gasteiger partial charge in [0.2, 0.25) is 0 Å². The Morgan fingerprint density at radius 2 is 1.90 bits per heavy atom. The summed E-state index contributed by atoms with van der Waals surface area (Å²) in [6.45, 7) is 4.61. The van der Waals surface area contributed by atoms with E-state index in [0.717, 1.165) is 28.2 Å². The van der Waals surface area contributed by atoms with Crippen molar-refractivity contribution < 1.29 is 14.3 Å². The van der Waals surface area contributed by atoms with Gasteiger partial charge >= 0.3 is 5.97 Å². The van der Waals surface area contributed by atoms with E-state index in [9.17, 15) is 4.79 Å². The smallest absolute Gasteiger partial charge is 0.350 e. The Bertz CT molecular complexity index is 632. The van der Waals surface area contributed by atoms with Crippen molar-refractivity contribution in [1.29, 1.82) is 0 Å². The van der Waals surface area contributed by atoms with Gasteiger partial charge in [0.05, 0.1) is 19.4 Å². The summed E-state index contributed by atoms with van der Waals surface area (Å²) in [6.07, 6.45) is 0.766. The lowest BCUT2D eigenvalue weighted by atomic mass is 10.1. The van der Waals surface area contributed by atoms with Gasteiger partial charge in [0.25, 0.3) is 0 Å². The van der Waals surface area contributed by atoms with Gasteiger partial charge in [0.15, 0.2) is 0 Å². The first-order valence-corrected chi connectivity index (χ1v) is 7.66. The molecule has 21 heavy (non-hydrogen) atoms. The highest BCUT2D eigenvalue weighted by Crippen LogP contribution is 2.39. The summed E-state index contributed by atoms with van der Waals surface area (Å²) in [7, 11) is 1.36. The molecule has 0 spiro atoms. The van der Waals surface area contributed by atoms with Gasteiger partial charge in [-0.1, -0.05) is 6.92 Å². The molecule has 0 aliphatic carbocycles. The largest absolute Gasteiger partial charge is 0.494 e. The maximum absolute atomic E-state index is 11.8. The summed E-state index contributed by atoms with van der Waals surface area (Å²) in [4.78, 5) is 13.3. The summed E-state index contributed by atoms with van der Waals surface area (Å²) in [5.41, 5.74) is 8.64. The van der Waals surface area contributed by atoms with Crippen LogP contribution in [0.5, 0.6) is 5.75 Å². The molecule has 2 N–H and O–H groups in total. The zero-order chi connectivity index (χ0) is 15.4. The van der Waals surface area contributed by atoms with Gasteiger partial charge in [0.1, 0.15) is 10.6 Å². The molecule has 1 heterocycles. The van der Waals surface area contributed by atoms with Crippen LogP contribution in [0.15, 0.2) is 24.3 Å². The van der Waals surface area contributed by atoms with Crippen molar-refractivity contribution in [1.82, 2.24) is 0 Å².